The summed E-state index contributed by atoms with van der Waals surface area (Å²) >= 11 is 4.14. The van der Waals surface area contributed by atoms with E-state index in [0.29, 0.717) is 12.4 Å². The van der Waals surface area contributed by atoms with Crippen LogP contribution in [0.5, 0.6) is 5.75 Å². The van der Waals surface area contributed by atoms with Crippen molar-refractivity contribution in [2.24, 2.45) is 5.92 Å². The lowest BCUT2D eigenvalue weighted by Gasteiger charge is -2.13. The van der Waals surface area contributed by atoms with Gasteiger partial charge >= 0.3 is 0 Å². The summed E-state index contributed by atoms with van der Waals surface area (Å²) in [5, 5.41) is 0. The van der Waals surface area contributed by atoms with Gasteiger partial charge in [0.2, 0.25) is 0 Å². The molecule has 0 aromatic heterocycles. The normalized spacial score (nSPS) is 12.5. The van der Waals surface area contributed by atoms with Crippen LogP contribution in [0.1, 0.15) is 13.3 Å². The van der Waals surface area contributed by atoms with Gasteiger partial charge in [-0.15, -0.1) is 0 Å². The van der Waals surface area contributed by atoms with E-state index in [-0.39, 0.29) is 11.7 Å². The van der Waals surface area contributed by atoms with Gasteiger partial charge in [0.15, 0.2) is 11.6 Å². The van der Waals surface area contributed by atoms with Crippen molar-refractivity contribution >= 4 is 12.6 Å². The van der Waals surface area contributed by atoms with Gasteiger partial charge in [0, 0.05) is 12.0 Å². The Kier molecular flexibility index (Phi) is 4.88. The Morgan fingerprint density at radius 3 is 2.73 bits per heavy atom. The number of rotatable bonds is 5. The first-order valence-electron chi connectivity index (χ1n) is 4.86. The third kappa shape index (κ3) is 3.70. The minimum atomic E-state index is -0.537. The van der Waals surface area contributed by atoms with Crippen molar-refractivity contribution in [3.8, 4) is 5.75 Å². The summed E-state index contributed by atoms with van der Waals surface area (Å²) in [6, 6.07) is 3.19. The molecule has 0 radical (unpaired) electrons. The lowest BCUT2D eigenvalue weighted by molar-refractivity contribution is 0.248. The molecule has 1 aromatic rings. The zero-order valence-corrected chi connectivity index (χ0v) is 9.44. The maximum Gasteiger partial charge on any atom is 0.165 e. The molecular weight excluding hydrogens is 218 g/mol. The van der Waals surface area contributed by atoms with Gasteiger partial charge in [-0.05, 0) is 24.3 Å². The summed E-state index contributed by atoms with van der Waals surface area (Å²) in [4.78, 5) is 0. The second-order valence-corrected chi connectivity index (χ2v) is 3.71. The van der Waals surface area contributed by atoms with E-state index in [1.165, 1.54) is 0 Å². The van der Waals surface area contributed by atoms with Crippen molar-refractivity contribution < 1.29 is 13.5 Å². The molecule has 0 N–H and O–H groups in total. The summed E-state index contributed by atoms with van der Waals surface area (Å²) in [7, 11) is 0. The van der Waals surface area contributed by atoms with Crippen LogP contribution in [-0.4, -0.2) is 12.4 Å². The third-order valence-corrected chi connectivity index (χ3v) is 2.72. The lowest BCUT2D eigenvalue weighted by atomic mass is 10.1. The summed E-state index contributed by atoms with van der Waals surface area (Å²) in [5.74, 6) is -0.130. The van der Waals surface area contributed by atoms with E-state index >= 15 is 0 Å². The fraction of sp³-hybridized carbons (Fsp3) is 0.455. The Balaban J connectivity index is 2.60. The van der Waals surface area contributed by atoms with Crippen LogP contribution in [0.3, 0.4) is 0 Å². The number of benzene rings is 1. The molecule has 1 nitrogen and oxygen atoms in total. The molecule has 84 valence electrons. The van der Waals surface area contributed by atoms with Gasteiger partial charge in [-0.1, -0.05) is 6.92 Å². The first kappa shape index (κ1) is 12.3. The maximum atomic E-state index is 13.1. The second-order valence-electron chi connectivity index (χ2n) is 3.34. The molecule has 0 bridgehead atoms. The van der Waals surface area contributed by atoms with E-state index in [2.05, 4.69) is 12.6 Å². The average Bonchev–Trinajstić information content (AvgIpc) is 2.24. The third-order valence-electron chi connectivity index (χ3n) is 2.20. The van der Waals surface area contributed by atoms with Crippen molar-refractivity contribution in [2.45, 2.75) is 13.3 Å². The molecule has 0 fully saturated rings. The van der Waals surface area contributed by atoms with Gasteiger partial charge in [-0.25, -0.2) is 8.78 Å². The monoisotopic (exact) mass is 232 g/mol. The molecule has 0 aliphatic carbocycles. The highest BCUT2D eigenvalue weighted by molar-refractivity contribution is 7.80. The summed E-state index contributed by atoms with van der Waals surface area (Å²) in [6.07, 6.45) is 0.903. The SMILES string of the molecule is CCC(CS)COc1cc(F)ccc1F. The van der Waals surface area contributed by atoms with E-state index < -0.39 is 11.6 Å². The number of hydrogen-bond acceptors (Lipinski definition) is 2. The molecule has 0 heterocycles. The van der Waals surface area contributed by atoms with Crippen LogP contribution >= 0.6 is 12.6 Å². The molecule has 0 aliphatic heterocycles. The van der Waals surface area contributed by atoms with Gasteiger partial charge < -0.3 is 4.74 Å². The van der Waals surface area contributed by atoms with Gasteiger partial charge in [-0.2, -0.15) is 12.6 Å². The Bertz CT molecular complexity index is 313. The summed E-state index contributed by atoms with van der Waals surface area (Å²) < 4.78 is 31.1. The molecule has 1 aromatic carbocycles. The predicted molar refractivity (Wildman–Crippen MR) is 59.5 cm³/mol. The summed E-state index contributed by atoms with van der Waals surface area (Å²) in [6.45, 7) is 2.37. The van der Waals surface area contributed by atoms with Crippen molar-refractivity contribution in [3.63, 3.8) is 0 Å². The van der Waals surface area contributed by atoms with E-state index in [1.807, 2.05) is 6.92 Å². The van der Waals surface area contributed by atoms with Gasteiger partial charge in [0.1, 0.15) is 5.82 Å². The molecule has 0 spiro atoms. The quantitative estimate of drug-likeness (QED) is 0.766. The Hall–Kier alpha value is -0.770. The van der Waals surface area contributed by atoms with Gasteiger partial charge in [-0.3, -0.25) is 0 Å². The second kappa shape index (κ2) is 5.95. The van der Waals surface area contributed by atoms with Crippen LogP contribution in [0.15, 0.2) is 18.2 Å². The zero-order valence-electron chi connectivity index (χ0n) is 8.54. The van der Waals surface area contributed by atoms with E-state index in [1.54, 1.807) is 0 Å². The molecule has 1 atom stereocenters. The van der Waals surface area contributed by atoms with Gasteiger partial charge in [0.05, 0.1) is 6.61 Å². The lowest BCUT2D eigenvalue weighted by Crippen LogP contribution is -2.13. The van der Waals surface area contributed by atoms with Crippen LogP contribution < -0.4 is 4.74 Å². The van der Waals surface area contributed by atoms with Crippen LogP contribution in [0.2, 0.25) is 0 Å². The van der Waals surface area contributed by atoms with Crippen molar-refractivity contribution in [1.82, 2.24) is 0 Å². The molecule has 1 unspecified atom stereocenters. The van der Waals surface area contributed by atoms with E-state index in [4.69, 9.17) is 4.74 Å². The largest absolute Gasteiger partial charge is 0.490 e. The molecule has 1 rings (SSSR count). The minimum absolute atomic E-state index is 0.0322. The Morgan fingerprint density at radius 1 is 1.40 bits per heavy atom. The van der Waals surface area contributed by atoms with Crippen LogP contribution in [0.4, 0.5) is 8.78 Å². The Morgan fingerprint density at radius 2 is 2.13 bits per heavy atom. The van der Waals surface area contributed by atoms with E-state index in [0.717, 1.165) is 24.6 Å². The Labute approximate surface area is 93.9 Å². The van der Waals surface area contributed by atoms with Crippen LogP contribution in [0, 0.1) is 17.6 Å². The molecule has 0 aliphatic rings. The standard InChI is InChI=1S/C11H14F2OS/c1-2-8(7-15)6-14-11-5-9(12)3-4-10(11)13/h3-5,8,15H,2,6-7H2,1H3. The average molecular weight is 232 g/mol. The minimum Gasteiger partial charge on any atom is -0.490 e. The topological polar surface area (TPSA) is 9.23 Å². The van der Waals surface area contributed by atoms with Gasteiger partial charge in [0.25, 0.3) is 0 Å². The van der Waals surface area contributed by atoms with Crippen molar-refractivity contribution in [3.05, 3.63) is 29.8 Å². The highest BCUT2D eigenvalue weighted by atomic mass is 32.1. The number of ether oxygens (including phenoxy) is 1. The number of hydrogen-bond donors (Lipinski definition) is 1. The number of halogens is 2. The van der Waals surface area contributed by atoms with E-state index in [9.17, 15) is 8.78 Å². The molecule has 0 amide bonds. The van der Waals surface area contributed by atoms with Crippen LogP contribution in [0.25, 0.3) is 0 Å². The first-order chi connectivity index (χ1) is 7.17. The summed E-state index contributed by atoms with van der Waals surface area (Å²) in [5.41, 5.74) is 0. The maximum absolute atomic E-state index is 13.1. The predicted octanol–water partition coefficient (Wildman–Crippen LogP) is 3.30. The molecular formula is C11H14F2OS. The smallest absolute Gasteiger partial charge is 0.165 e. The highest BCUT2D eigenvalue weighted by Crippen LogP contribution is 2.19. The van der Waals surface area contributed by atoms with Crippen molar-refractivity contribution in [2.75, 3.05) is 12.4 Å². The number of thiol groups is 1. The molecule has 0 saturated carbocycles. The molecule has 4 heteroatoms. The zero-order chi connectivity index (χ0) is 11.3. The highest BCUT2D eigenvalue weighted by Gasteiger charge is 2.08. The van der Waals surface area contributed by atoms with Crippen molar-refractivity contribution in [1.29, 1.82) is 0 Å². The molecule has 0 saturated heterocycles. The first-order valence-corrected chi connectivity index (χ1v) is 5.49. The van der Waals surface area contributed by atoms with Crippen LogP contribution in [-0.2, 0) is 0 Å². The fourth-order valence-electron chi connectivity index (χ4n) is 1.10. The molecule has 15 heavy (non-hydrogen) atoms. The fourth-order valence-corrected chi connectivity index (χ4v) is 1.46.